The van der Waals surface area contributed by atoms with E-state index in [4.69, 9.17) is 0 Å². The predicted octanol–water partition coefficient (Wildman–Crippen LogP) is 4.00. The van der Waals surface area contributed by atoms with Crippen LogP contribution in [0.5, 0.6) is 0 Å². The van der Waals surface area contributed by atoms with Crippen LogP contribution in [-0.2, 0) is 0 Å². The Balaban J connectivity index is 1.71. The molecule has 1 aliphatic carbocycles. The fourth-order valence-corrected chi connectivity index (χ4v) is 4.13. The first-order valence-corrected chi connectivity index (χ1v) is 8.93. The molecule has 0 unspecified atom stereocenters. The molecule has 0 radical (unpaired) electrons. The van der Waals surface area contributed by atoms with Gasteiger partial charge < -0.3 is 15.2 Å². The smallest absolute Gasteiger partial charge is 0.0715 e. The molecule has 1 heterocycles. The second-order valence-electron chi connectivity index (χ2n) is 7.39. The van der Waals surface area contributed by atoms with Gasteiger partial charge in [-0.05, 0) is 46.6 Å². The third-order valence-corrected chi connectivity index (χ3v) is 5.56. The molecule has 3 heteroatoms. The number of carboxylic acids is 1. The van der Waals surface area contributed by atoms with Crippen molar-refractivity contribution < 1.29 is 9.90 Å². The first-order valence-electron chi connectivity index (χ1n) is 8.93. The van der Waals surface area contributed by atoms with Gasteiger partial charge in [-0.15, -0.1) is 0 Å². The first-order chi connectivity index (χ1) is 12.0. The highest BCUT2D eigenvalue weighted by atomic mass is 16.4. The average molecular weight is 332 g/mol. The zero-order chi connectivity index (χ0) is 17.6. The van der Waals surface area contributed by atoms with Gasteiger partial charge in [0.25, 0.3) is 0 Å². The summed E-state index contributed by atoms with van der Waals surface area (Å²) in [5.41, 5.74) is 5.29. The van der Waals surface area contributed by atoms with Gasteiger partial charge in [-0.3, -0.25) is 0 Å². The number of hydrogen-bond donors (Lipinski definition) is 1. The van der Waals surface area contributed by atoms with E-state index in [9.17, 15) is 9.90 Å². The van der Waals surface area contributed by atoms with Gasteiger partial charge in [-0.2, -0.15) is 0 Å². The van der Waals surface area contributed by atoms with Crippen molar-refractivity contribution in [1.29, 1.82) is 0 Å². The SMILES string of the molecule is CC(C)c1ccc2c(c1)[C@H]1C=CC[C@@H]1[C@H](c1ccc(C(=O)[O-])cc1)N2. The van der Waals surface area contributed by atoms with Crippen LogP contribution >= 0.6 is 0 Å². The molecule has 0 aromatic heterocycles. The number of rotatable bonds is 3. The minimum absolute atomic E-state index is 0.188. The molecule has 0 spiro atoms. The zero-order valence-electron chi connectivity index (χ0n) is 14.5. The minimum Gasteiger partial charge on any atom is -0.545 e. The molecule has 0 fully saturated rings. The van der Waals surface area contributed by atoms with Crippen molar-refractivity contribution in [3.8, 4) is 0 Å². The first kappa shape index (κ1) is 15.9. The molecule has 0 saturated carbocycles. The van der Waals surface area contributed by atoms with Crippen molar-refractivity contribution in [2.75, 3.05) is 5.32 Å². The number of fused-ring (bicyclic) bond motifs is 3. The van der Waals surface area contributed by atoms with Crippen molar-refractivity contribution in [2.45, 2.75) is 38.1 Å². The Hall–Kier alpha value is -2.55. The van der Waals surface area contributed by atoms with Gasteiger partial charge >= 0.3 is 0 Å². The molecule has 25 heavy (non-hydrogen) atoms. The highest BCUT2D eigenvalue weighted by Crippen LogP contribution is 2.50. The molecular formula is C22H22NO2-. The van der Waals surface area contributed by atoms with Crippen molar-refractivity contribution in [3.05, 3.63) is 76.9 Å². The number of carboxylic acid groups (broad SMARTS) is 1. The van der Waals surface area contributed by atoms with Crippen LogP contribution in [0.2, 0.25) is 0 Å². The highest BCUT2D eigenvalue weighted by Gasteiger charge is 2.37. The molecule has 2 aliphatic rings. The third kappa shape index (κ3) is 2.74. The van der Waals surface area contributed by atoms with E-state index in [1.54, 1.807) is 12.1 Å². The minimum atomic E-state index is -1.13. The van der Waals surface area contributed by atoms with E-state index in [0.717, 1.165) is 12.0 Å². The van der Waals surface area contributed by atoms with Crippen molar-refractivity contribution >= 4 is 11.7 Å². The maximum atomic E-state index is 11.0. The summed E-state index contributed by atoms with van der Waals surface area (Å²) in [6.07, 6.45) is 5.64. The molecule has 0 bridgehead atoms. The summed E-state index contributed by atoms with van der Waals surface area (Å²) in [5.74, 6) is 0.267. The lowest BCUT2D eigenvalue weighted by Crippen LogP contribution is -2.29. The molecule has 0 saturated heterocycles. The summed E-state index contributed by atoms with van der Waals surface area (Å²) in [6, 6.07) is 14.0. The van der Waals surface area contributed by atoms with E-state index >= 15 is 0 Å². The number of allylic oxidation sites excluding steroid dienone is 2. The van der Waals surface area contributed by atoms with Crippen LogP contribution in [0.25, 0.3) is 0 Å². The molecule has 128 valence electrons. The van der Waals surface area contributed by atoms with Crippen LogP contribution < -0.4 is 10.4 Å². The summed E-state index contributed by atoms with van der Waals surface area (Å²) < 4.78 is 0. The Kier molecular flexibility index (Phi) is 3.87. The summed E-state index contributed by atoms with van der Waals surface area (Å²) in [6.45, 7) is 4.45. The molecule has 4 rings (SSSR count). The summed E-state index contributed by atoms with van der Waals surface area (Å²) in [5, 5.41) is 14.7. The Morgan fingerprint density at radius 3 is 2.60 bits per heavy atom. The van der Waals surface area contributed by atoms with Gasteiger partial charge in [-0.25, -0.2) is 0 Å². The lowest BCUT2D eigenvalue weighted by atomic mass is 9.76. The van der Waals surface area contributed by atoms with Crippen LogP contribution in [0.4, 0.5) is 5.69 Å². The second kappa shape index (κ2) is 6.07. The molecule has 1 aliphatic heterocycles. The molecule has 2 aromatic carbocycles. The molecule has 1 N–H and O–H groups in total. The number of anilines is 1. The number of carbonyl (C=O) groups excluding carboxylic acids is 1. The van der Waals surface area contributed by atoms with Crippen molar-refractivity contribution in [2.24, 2.45) is 5.92 Å². The fourth-order valence-electron chi connectivity index (χ4n) is 4.13. The van der Waals surface area contributed by atoms with Gasteiger partial charge in [0.2, 0.25) is 0 Å². The van der Waals surface area contributed by atoms with Gasteiger partial charge in [0.1, 0.15) is 0 Å². The van der Waals surface area contributed by atoms with Crippen molar-refractivity contribution in [1.82, 2.24) is 0 Å². The van der Waals surface area contributed by atoms with E-state index in [-0.39, 0.29) is 11.6 Å². The zero-order valence-corrected chi connectivity index (χ0v) is 14.5. The van der Waals surface area contributed by atoms with E-state index in [1.807, 2.05) is 12.1 Å². The van der Waals surface area contributed by atoms with Crippen LogP contribution in [0.15, 0.2) is 54.6 Å². The van der Waals surface area contributed by atoms with Crippen LogP contribution in [-0.4, -0.2) is 5.97 Å². The fraction of sp³-hybridized carbons (Fsp3) is 0.318. The Morgan fingerprint density at radius 1 is 1.16 bits per heavy atom. The number of carbonyl (C=O) groups is 1. The van der Waals surface area contributed by atoms with Crippen molar-refractivity contribution in [3.63, 3.8) is 0 Å². The van der Waals surface area contributed by atoms with Crippen LogP contribution in [0.3, 0.4) is 0 Å². The molecule has 2 aromatic rings. The lowest BCUT2D eigenvalue weighted by Gasteiger charge is -2.38. The van der Waals surface area contributed by atoms with E-state index in [0.29, 0.717) is 17.8 Å². The maximum absolute atomic E-state index is 11.0. The molecule has 3 nitrogen and oxygen atoms in total. The largest absolute Gasteiger partial charge is 0.545 e. The van der Waals surface area contributed by atoms with Gasteiger partial charge in [0, 0.05) is 11.6 Å². The number of nitrogens with one attached hydrogen (secondary N) is 1. The Morgan fingerprint density at radius 2 is 1.92 bits per heavy atom. The van der Waals surface area contributed by atoms with Gasteiger partial charge in [-0.1, -0.05) is 62.4 Å². The number of aromatic carboxylic acids is 1. The second-order valence-corrected chi connectivity index (χ2v) is 7.39. The normalized spacial score (nSPS) is 23.9. The molecule has 3 atom stereocenters. The Labute approximate surface area is 148 Å². The number of hydrogen-bond acceptors (Lipinski definition) is 3. The monoisotopic (exact) mass is 332 g/mol. The summed E-state index contributed by atoms with van der Waals surface area (Å²) in [7, 11) is 0. The van der Waals surface area contributed by atoms with Gasteiger partial charge in [0.05, 0.1) is 12.0 Å². The van der Waals surface area contributed by atoms with Crippen LogP contribution in [0.1, 0.15) is 65.2 Å². The lowest BCUT2D eigenvalue weighted by molar-refractivity contribution is -0.255. The topological polar surface area (TPSA) is 52.2 Å². The quantitative estimate of drug-likeness (QED) is 0.864. The predicted molar refractivity (Wildman–Crippen MR) is 97.7 cm³/mol. The highest BCUT2D eigenvalue weighted by molar-refractivity contribution is 5.85. The van der Waals surface area contributed by atoms with Gasteiger partial charge in [0.15, 0.2) is 0 Å². The van der Waals surface area contributed by atoms with E-state index in [1.165, 1.54) is 16.8 Å². The Bertz CT molecular complexity index is 836. The maximum Gasteiger partial charge on any atom is 0.0715 e. The number of benzene rings is 2. The molecular weight excluding hydrogens is 310 g/mol. The standard InChI is InChI=1S/C22H23NO2/c1-13(2)16-10-11-20-19(12-16)17-4-3-5-18(17)21(23-20)14-6-8-15(9-7-14)22(24)25/h3-4,6-13,17-18,21,23H,5H2,1-2H3,(H,24,25)/p-1/t17-,18-,21-/m0/s1. The third-order valence-electron chi connectivity index (χ3n) is 5.56. The van der Waals surface area contributed by atoms with Crippen LogP contribution in [0, 0.1) is 5.92 Å². The molecule has 0 amide bonds. The van der Waals surface area contributed by atoms with E-state index in [2.05, 4.69) is 49.5 Å². The average Bonchev–Trinajstić information content (AvgIpc) is 3.10. The summed E-state index contributed by atoms with van der Waals surface area (Å²) >= 11 is 0. The summed E-state index contributed by atoms with van der Waals surface area (Å²) in [4.78, 5) is 11.0. The van der Waals surface area contributed by atoms with E-state index < -0.39 is 5.97 Å².